The molecule has 84 valence electrons. The molecule has 15 heavy (non-hydrogen) atoms. The number of rotatable bonds is 5. The first-order valence-corrected chi connectivity index (χ1v) is 6.17. The molecular weight excluding hydrogens is 206 g/mol. The largest absolute Gasteiger partial charge is 0.351 e. The van der Waals surface area contributed by atoms with Crippen molar-refractivity contribution in [2.75, 3.05) is 0 Å². The van der Waals surface area contributed by atoms with E-state index >= 15 is 0 Å². The van der Waals surface area contributed by atoms with Gasteiger partial charge >= 0.3 is 0 Å². The van der Waals surface area contributed by atoms with Crippen LogP contribution in [0, 0.1) is 5.92 Å². The van der Waals surface area contributed by atoms with Crippen molar-refractivity contribution in [2.45, 2.75) is 39.7 Å². The van der Waals surface area contributed by atoms with Crippen molar-refractivity contribution in [1.29, 1.82) is 0 Å². The normalized spacial score (nSPS) is 13.2. The summed E-state index contributed by atoms with van der Waals surface area (Å²) in [6.45, 7) is 8.62. The Kier molecular flexibility index (Phi) is 4.33. The average molecular weight is 225 g/mol. The molecule has 0 aliphatic rings. The van der Waals surface area contributed by atoms with Crippen molar-refractivity contribution in [1.82, 2.24) is 5.32 Å². The zero-order valence-corrected chi connectivity index (χ0v) is 10.6. The highest BCUT2D eigenvalue weighted by Crippen LogP contribution is 2.31. The number of amides is 1. The van der Waals surface area contributed by atoms with Crippen molar-refractivity contribution in [3.63, 3.8) is 0 Å². The van der Waals surface area contributed by atoms with Gasteiger partial charge in [0.2, 0.25) is 6.41 Å². The van der Waals surface area contributed by atoms with Gasteiger partial charge in [0.15, 0.2) is 0 Å². The molecule has 1 N–H and O–H groups in total. The van der Waals surface area contributed by atoms with Crippen LogP contribution < -0.4 is 5.32 Å². The Labute approximate surface area is 95.7 Å². The Hall–Kier alpha value is -0.830. The van der Waals surface area contributed by atoms with E-state index in [1.54, 1.807) is 11.3 Å². The second kappa shape index (κ2) is 5.31. The first kappa shape index (κ1) is 12.2. The topological polar surface area (TPSA) is 29.1 Å². The molecule has 0 aliphatic carbocycles. The van der Waals surface area contributed by atoms with Crippen LogP contribution in [0.2, 0.25) is 0 Å². The number of carbonyl (C=O) groups excluding carboxylic acids is 1. The molecule has 0 spiro atoms. The zero-order valence-electron chi connectivity index (χ0n) is 9.78. The molecule has 1 aromatic rings. The molecule has 1 atom stereocenters. The van der Waals surface area contributed by atoms with Crippen molar-refractivity contribution >= 4 is 17.7 Å². The monoisotopic (exact) mass is 225 g/mol. The molecule has 1 unspecified atom stereocenters. The summed E-state index contributed by atoms with van der Waals surface area (Å²) in [7, 11) is 0. The third kappa shape index (κ3) is 3.06. The van der Waals surface area contributed by atoms with Gasteiger partial charge in [-0.05, 0) is 24.0 Å². The van der Waals surface area contributed by atoms with Crippen LogP contribution in [0.15, 0.2) is 12.1 Å². The maximum absolute atomic E-state index is 10.5. The van der Waals surface area contributed by atoms with Crippen LogP contribution in [0.1, 0.15) is 49.4 Å². The molecule has 0 saturated heterocycles. The fourth-order valence-electron chi connectivity index (χ4n) is 1.52. The van der Waals surface area contributed by atoms with E-state index in [-0.39, 0.29) is 6.04 Å². The van der Waals surface area contributed by atoms with Crippen molar-refractivity contribution < 1.29 is 4.79 Å². The lowest BCUT2D eigenvalue weighted by molar-refractivity contribution is -0.110. The van der Waals surface area contributed by atoms with Crippen LogP contribution in [-0.4, -0.2) is 6.41 Å². The van der Waals surface area contributed by atoms with E-state index in [0.29, 0.717) is 11.8 Å². The molecule has 1 aromatic heterocycles. The maximum Gasteiger partial charge on any atom is 0.207 e. The van der Waals surface area contributed by atoms with Crippen LogP contribution >= 0.6 is 11.3 Å². The summed E-state index contributed by atoms with van der Waals surface area (Å²) in [4.78, 5) is 13.2. The Morgan fingerprint density at radius 2 is 1.80 bits per heavy atom. The Balaban J connectivity index is 2.86. The molecule has 1 amide bonds. The lowest BCUT2D eigenvalue weighted by atomic mass is 10.0. The van der Waals surface area contributed by atoms with Crippen molar-refractivity contribution in [3.05, 3.63) is 21.9 Å². The maximum atomic E-state index is 10.5. The number of nitrogens with one attached hydrogen (secondary N) is 1. The zero-order chi connectivity index (χ0) is 11.4. The quantitative estimate of drug-likeness (QED) is 0.765. The molecule has 3 heteroatoms. The fraction of sp³-hybridized carbons (Fsp3) is 0.583. The molecule has 1 heterocycles. The Morgan fingerprint density at radius 1 is 1.20 bits per heavy atom. The van der Waals surface area contributed by atoms with Gasteiger partial charge in [-0.3, -0.25) is 4.79 Å². The summed E-state index contributed by atoms with van der Waals surface area (Å²) < 4.78 is 0. The SMILES string of the molecule is CC(C)c1ccc(C(NC=O)C(C)C)s1. The summed E-state index contributed by atoms with van der Waals surface area (Å²) in [6.07, 6.45) is 0.791. The average Bonchev–Trinajstić information content (AvgIpc) is 2.62. The molecule has 0 aliphatic heterocycles. The minimum atomic E-state index is 0.153. The lowest BCUT2D eigenvalue weighted by Gasteiger charge is -2.18. The van der Waals surface area contributed by atoms with Gasteiger partial charge in [0, 0.05) is 9.75 Å². The van der Waals surface area contributed by atoms with Crippen molar-refractivity contribution in [2.24, 2.45) is 5.92 Å². The van der Waals surface area contributed by atoms with Gasteiger partial charge < -0.3 is 5.32 Å². The number of hydrogen-bond donors (Lipinski definition) is 1. The smallest absolute Gasteiger partial charge is 0.207 e. The highest BCUT2D eigenvalue weighted by Gasteiger charge is 2.17. The Morgan fingerprint density at radius 3 is 2.20 bits per heavy atom. The van der Waals surface area contributed by atoms with E-state index in [1.165, 1.54) is 9.75 Å². The molecule has 0 radical (unpaired) electrons. The molecule has 0 aromatic carbocycles. The second-order valence-electron chi connectivity index (χ2n) is 4.40. The summed E-state index contributed by atoms with van der Waals surface area (Å²) in [6, 6.07) is 4.44. The standard InChI is InChI=1S/C12H19NOS/c1-8(2)10-5-6-11(15-10)12(9(3)4)13-7-14/h5-9,12H,1-4H3,(H,13,14). The van der Waals surface area contributed by atoms with Crippen LogP contribution in [0.3, 0.4) is 0 Å². The van der Waals surface area contributed by atoms with E-state index in [1.807, 2.05) is 0 Å². The third-order valence-electron chi connectivity index (χ3n) is 2.44. The first-order chi connectivity index (χ1) is 7.06. The van der Waals surface area contributed by atoms with Crippen LogP contribution in [0.25, 0.3) is 0 Å². The van der Waals surface area contributed by atoms with Gasteiger partial charge in [-0.1, -0.05) is 27.7 Å². The molecular formula is C12H19NOS. The number of carbonyl (C=O) groups is 1. The van der Waals surface area contributed by atoms with E-state index < -0.39 is 0 Å². The molecule has 0 saturated carbocycles. The molecule has 0 fully saturated rings. The molecule has 0 bridgehead atoms. The van der Waals surface area contributed by atoms with Crippen molar-refractivity contribution in [3.8, 4) is 0 Å². The summed E-state index contributed by atoms with van der Waals surface area (Å²) in [5, 5.41) is 2.88. The van der Waals surface area contributed by atoms with E-state index in [4.69, 9.17) is 0 Å². The lowest BCUT2D eigenvalue weighted by Crippen LogP contribution is -2.23. The summed E-state index contributed by atoms with van der Waals surface area (Å²) >= 11 is 1.80. The van der Waals surface area contributed by atoms with E-state index in [0.717, 1.165) is 6.41 Å². The highest BCUT2D eigenvalue weighted by atomic mass is 32.1. The van der Waals surface area contributed by atoms with Gasteiger partial charge in [-0.2, -0.15) is 0 Å². The van der Waals surface area contributed by atoms with Gasteiger partial charge in [0.1, 0.15) is 0 Å². The minimum Gasteiger partial charge on any atom is -0.351 e. The number of thiophene rings is 1. The van der Waals surface area contributed by atoms with Gasteiger partial charge in [-0.15, -0.1) is 11.3 Å². The second-order valence-corrected chi connectivity index (χ2v) is 5.55. The molecule has 1 rings (SSSR count). The van der Waals surface area contributed by atoms with Gasteiger partial charge in [-0.25, -0.2) is 0 Å². The van der Waals surface area contributed by atoms with Gasteiger partial charge in [0.25, 0.3) is 0 Å². The number of hydrogen-bond acceptors (Lipinski definition) is 2. The van der Waals surface area contributed by atoms with Crippen LogP contribution in [0.4, 0.5) is 0 Å². The van der Waals surface area contributed by atoms with E-state index in [9.17, 15) is 4.79 Å². The Bertz CT molecular complexity index is 317. The van der Waals surface area contributed by atoms with Crippen LogP contribution in [0.5, 0.6) is 0 Å². The van der Waals surface area contributed by atoms with E-state index in [2.05, 4.69) is 45.1 Å². The highest BCUT2D eigenvalue weighted by molar-refractivity contribution is 7.12. The summed E-state index contributed by atoms with van der Waals surface area (Å²) in [5.74, 6) is 0.988. The van der Waals surface area contributed by atoms with Gasteiger partial charge in [0.05, 0.1) is 6.04 Å². The first-order valence-electron chi connectivity index (χ1n) is 5.35. The fourth-order valence-corrected chi connectivity index (χ4v) is 2.77. The summed E-state index contributed by atoms with van der Waals surface area (Å²) in [5.41, 5.74) is 0. The predicted molar refractivity (Wildman–Crippen MR) is 65.2 cm³/mol. The molecule has 2 nitrogen and oxygen atoms in total. The third-order valence-corrected chi connectivity index (χ3v) is 3.91. The van der Waals surface area contributed by atoms with Crippen LogP contribution in [-0.2, 0) is 4.79 Å². The minimum absolute atomic E-state index is 0.153. The predicted octanol–water partition coefficient (Wildman–Crippen LogP) is 3.31.